The number of phenolic OH excluding ortho intramolecular Hbond substituents is 1. The van der Waals surface area contributed by atoms with E-state index in [9.17, 15) is 23.0 Å². The van der Waals surface area contributed by atoms with Crippen molar-refractivity contribution in [1.82, 2.24) is 5.32 Å². The first-order chi connectivity index (χ1) is 8.81. The molecule has 3 N–H and O–H groups in total. The Morgan fingerprint density at radius 3 is 2.74 bits per heavy atom. The van der Waals surface area contributed by atoms with E-state index in [1.165, 1.54) is 18.2 Å². The highest BCUT2D eigenvalue weighted by Crippen LogP contribution is 2.23. The van der Waals surface area contributed by atoms with Gasteiger partial charge in [0.05, 0.1) is 11.9 Å². The van der Waals surface area contributed by atoms with Crippen molar-refractivity contribution in [2.24, 2.45) is 0 Å². The van der Waals surface area contributed by atoms with Gasteiger partial charge in [-0.3, -0.25) is 0 Å². The van der Waals surface area contributed by atoms with Gasteiger partial charge in [0.1, 0.15) is 9.84 Å². The van der Waals surface area contributed by atoms with Gasteiger partial charge < -0.3 is 15.5 Å². The number of rotatable bonds is 7. The van der Waals surface area contributed by atoms with Crippen LogP contribution in [-0.4, -0.2) is 43.7 Å². The van der Waals surface area contributed by atoms with Crippen LogP contribution in [0, 0.1) is 5.82 Å². The first-order valence-corrected chi connectivity index (χ1v) is 7.91. The molecule has 0 aliphatic heterocycles. The average Bonchev–Trinajstić information content (AvgIpc) is 2.30. The molecule has 0 radical (unpaired) electrons. The van der Waals surface area contributed by atoms with E-state index >= 15 is 0 Å². The highest BCUT2D eigenvalue weighted by molar-refractivity contribution is 7.90. The van der Waals surface area contributed by atoms with E-state index < -0.39 is 27.5 Å². The molecule has 1 atom stereocenters. The zero-order valence-corrected chi connectivity index (χ0v) is 11.5. The van der Waals surface area contributed by atoms with Crippen LogP contribution in [0.5, 0.6) is 5.75 Å². The van der Waals surface area contributed by atoms with Crippen molar-refractivity contribution >= 4 is 9.84 Å². The molecular formula is C12H18FNO4S. The predicted octanol–water partition coefficient (Wildman–Crippen LogP) is 0.589. The molecule has 1 aromatic rings. The zero-order valence-electron chi connectivity index (χ0n) is 10.6. The van der Waals surface area contributed by atoms with Gasteiger partial charge in [-0.1, -0.05) is 12.1 Å². The van der Waals surface area contributed by atoms with E-state index in [1.807, 2.05) is 0 Å². The van der Waals surface area contributed by atoms with Crippen LogP contribution in [0.2, 0.25) is 0 Å². The Morgan fingerprint density at radius 1 is 1.42 bits per heavy atom. The lowest BCUT2D eigenvalue weighted by atomic mass is 10.1. The Morgan fingerprint density at radius 2 is 2.11 bits per heavy atom. The molecule has 1 unspecified atom stereocenters. The molecule has 5 nitrogen and oxygen atoms in total. The summed E-state index contributed by atoms with van der Waals surface area (Å²) in [6, 6.07) is 4.03. The third-order valence-corrected chi connectivity index (χ3v) is 3.60. The minimum Gasteiger partial charge on any atom is -0.505 e. The summed E-state index contributed by atoms with van der Waals surface area (Å²) >= 11 is 0. The highest BCUT2D eigenvalue weighted by Gasteiger charge is 2.14. The predicted molar refractivity (Wildman–Crippen MR) is 70.2 cm³/mol. The minimum absolute atomic E-state index is 0.00983. The van der Waals surface area contributed by atoms with Crippen molar-refractivity contribution in [1.29, 1.82) is 0 Å². The molecule has 19 heavy (non-hydrogen) atoms. The van der Waals surface area contributed by atoms with Gasteiger partial charge in [0.2, 0.25) is 0 Å². The van der Waals surface area contributed by atoms with Crippen LogP contribution in [0.25, 0.3) is 0 Å². The first-order valence-electron chi connectivity index (χ1n) is 5.85. The van der Waals surface area contributed by atoms with Crippen molar-refractivity contribution in [3.05, 3.63) is 29.6 Å². The van der Waals surface area contributed by atoms with Crippen LogP contribution in [-0.2, 0) is 9.84 Å². The minimum atomic E-state index is -2.98. The zero-order chi connectivity index (χ0) is 14.5. The number of aromatic hydroxyl groups is 1. The maximum Gasteiger partial charge on any atom is 0.170 e. The lowest BCUT2D eigenvalue weighted by Gasteiger charge is -2.13. The third kappa shape index (κ3) is 5.54. The van der Waals surface area contributed by atoms with Crippen molar-refractivity contribution in [3.63, 3.8) is 0 Å². The number of aliphatic hydroxyl groups is 1. The number of hydrogen-bond donors (Lipinski definition) is 3. The van der Waals surface area contributed by atoms with Gasteiger partial charge in [0.15, 0.2) is 11.6 Å². The molecule has 0 heterocycles. The van der Waals surface area contributed by atoms with Gasteiger partial charge in [0.25, 0.3) is 0 Å². The molecule has 0 aliphatic carbocycles. The molecule has 108 valence electrons. The van der Waals surface area contributed by atoms with Gasteiger partial charge in [-0.2, -0.15) is 0 Å². The van der Waals surface area contributed by atoms with Gasteiger partial charge in [-0.15, -0.1) is 0 Å². The second-order valence-corrected chi connectivity index (χ2v) is 6.64. The molecule has 0 saturated heterocycles. The number of aliphatic hydroxyl groups excluding tert-OH is 1. The maximum atomic E-state index is 13.5. The second-order valence-electron chi connectivity index (χ2n) is 4.38. The van der Waals surface area contributed by atoms with Crippen molar-refractivity contribution < 1.29 is 23.0 Å². The maximum absolute atomic E-state index is 13.5. The summed E-state index contributed by atoms with van der Waals surface area (Å²) in [7, 11) is -2.98. The van der Waals surface area contributed by atoms with Crippen LogP contribution >= 0.6 is 0 Å². The van der Waals surface area contributed by atoms with Crippen molar-refractivity contribution in [3.8, 4) is 5.75 Å². The van der Waals surface area contributed by atoms with E-state index in [0.29, 0.717) is 13.0 Å². The Kier molecular flexibility index (Phi) is 5.71. The lowest BCUT2D eigenvalue weighted by molar-refractivity contribution is 0.169. The summed E-state index contributed by atoms with van der Waals surface area (Å²) in [4.78, 5) is 0. The fraction of sp³-hybridized carbons (Fsp3) is 0.500. The number of sulfone groups is 1. The summed E-state index contributed by atoms with van der Waals surface area (Å²) in [6.07, 6.45) is 0.489. The average molecular weight is 291 g/mol. The molecule has 7 heteroatoms. The number of nitrogens with one attached hydrogen (secondary N) is 1. The Hall–Kier alpha value is -1.18. The number of phenols is 1. The smallest absolute Gasteiger partial charge is 0.170 e. The molecule has 0 aromatic heterocycles. The monoisotopic (exact) mass is 291 g/mol. The van der Waals surface area contributed by atoms with Crippen LogP contribution in [0.15, 0.2) is 18.2 Å². The standard InChI is InChI=1S/C12H18FNO4S/c1-19(17,18)7-3-6-14-8-11(16)9-4-2-5-10(15)12(9)13/h2,4-5,11,14-16H,3,6-8H2,1H3. The van der Waals surface area contributed by atoms with E-state index in [2.05, 4.69) is 5.32 Å². The fourth-order valence-corrected chi connectivity index (χ4v) is 2.27. The van der Waals surface area contributed by atoms with Crippen molar-refractivity contribution in [2.45, 2.75) is 12.5 Å². The summed E-state index contributed by atoms with van der Waals surface area (Å²) < 4.78 is 35.2. The number of halogens is 1. The molecule has 0 saturated carbocycles. The van der Waals surface area contributed by atoms with Crippen LogP contribution < -0.4 is 5.32 Å². The summed E-state index contributed by atoms with van der Waals surface area (Å²) in [5.41, 5.74) is 0.00983. The van der Waals surface area contributed by atoms with E-state index in [-0.39, 0.29) is 17.9 Å². The Labute approximate surface area is 112 Å². The fourth-order valence-electron chi connectivity index (χ4n) is 1.60. The van der Waals surface area contributed by atoms with Gasteiger partial charge in [-0.25, -0.2) is 12.8 Å². The molecule has 0 spiro atoms. The topological polar surface area (TPSA) is 86.6 Å². The van der Waals surface area contributed by atoms with Crippen LogP contribution in [0.3, 0.4) is 0 Å². The molecule has 1 rings (SSSR count). The van der Waals surface area contributed by atoms with Gasteiger partial charge in [0, 0.05) is 18.4 Å². The highest BCUT2D eigenvalue weighted by atomic mass is 32.2. The lowest BCUT2D eigenvalue weighted by Crippen LogP contribution is -2.24. The van der Waals surface area contributed by atoms with Gasteiger partial charge >= 0.3 is 0 Å². The van der Waals surface area contributed by atoms with E-state index in [0.717, 1.165) is 6.26 Å². The molecule has 1 aromatic carbocycles. The SMILES string of the molecule is CS(=O)(=O)CCCNCC(O)c1cccc(O)c1F. The molecule has 0 amide bonds. The molecule has 0 fully saturated rings. The first kappa shape index (κ1) is 15.9. The summed E-state index contributed by atoms with van der Waals surface area (Å²) in [5, 5.41) is 21.8. The molecule has 0 aliphatic rings. The van der Waals surface area contributed by atoms with Crippen LogP contribution in [0.1, 0.15) is 18.1 Å². The van der Waals surface area contributed by atoms with E-state index in [4.69, 9.17) is 0 Å². The normalized spacial score (nSPS) is 13.4. The van der Waals surface area contributed by atoms with Crippen LogP contribution in [0.4, 0.5) is 4.39 Å². The molecular weight excluding hydrogens is 273 g/mol. The second kappa shape index (κ2) is 6.83. The van der Waals surface area contributed by atoms with Gasteiger partial charge in [-0.05, 0) is 19.0 Å². The molecule has 0 bridgehead atoms. The summed E-state index contributed by atoms with van der Waals surface area (Å²) in [5.74, 6) is -1.28. The largest absolute Gasteiger partial charge is 0.505 e. The third-order valence-electron chi connectivity index (χ3n) is 2.57. The Bertz CT molecular complexity index is 518. The quantitative estimate of drug-likeness (QED) is 0.640. The number of hydrogen-bond acceptors (Lipinski definition) is 5. The Balaban J connectivity index is 2.39. The summed E-state index contributed by atoms with van der Waals surface area (Å²) in [6.45, 7) is 0.495. The van der Waals surface area contributed by atoms with Crippen molar-refractivity contribution in [2.75, 3.05) is 25.1 Å². The van der Waals surface area contributed by atoms with E-state index in [1.54, 1.807) is 0 Å². The number of benzene rings is 1.